The highest BCUT2D eigenvalue weighted by Crippen LogP contribution is 2.35. The molecule has 0 atom stereocenters. The van der Waals surface area contributed by atoms with E-state index >= 15 is 0 Å². The highest BCUT2D eigenvalue weighted by Gasteiger charge is 2.12. The fourth-order valence-electron chi connectivity index (χ4n) is 1.86. The van der Waals surface area contributed by atoms with E-state index in [1.807, 2.05) is 6.07 Å². The maximum Gasteiger partial charge on any atom is 0.127 e. The third-order valence-electron chi connectivity index (χ3n) is 2.80. The number of hydrogen-bond acceptors (Lipinski definition) is 3. The van der Waals surface area contributed by atoms with Crippen LogP contribution in [-0.4, -0.2) is 14.2 Å². The van der Waals surface area contributed by atoms with Crippen LogP contribution in [0.25, 0.3) is 11.1 Å². The summed E-state index contributed by atoms with van der Waals surface area (Å²) in [7, 11) is 3.07. The average molecular weight is 257 g/mol. The van der Waals surface area contributed by atoms with E-state index in [1.54, 1.807) is 25.3 Å². The zero-order valence-electron chi connectivity index (χ0n) is 10.6. The minimum Gasteiger partial charge on any atom is -0.497 e. The SMILES string of the molecule is COc1ccc(OC)c(-c2cc(F)ccc2C#N)c1. The van der Waals surface area contributed by atoms with Crippen LogP contribution >= 0.6 is 0 Å². The zero-order valence-corrected chi connectivity index (χ0v) is 10.6. The second kappa shape index (κ2) is 5.40. The quantitative estimate of drug-likeness (QED) is 0.846. The summed E-state index contributed by atoms with van der Waals surface area (Å²) in [6.45, 7) is 0. The third-order valence-corrected chi connectivity index (χ3v) is 2.80. The number of halogens is 1. The Bertz CT molecular complexity index is 647. The van der Waals surface area contributed by atoms with Gasteiger partial charge in [0.25, 0.3) is 0 Å². The highest BCUT2D eigenvalue weighted by atomic mass is 19.1. The monoisotopic (exact) mass is 257 g/mol. The van der Waals surface area contributed by atoms with Crippen molar-refractivity contribution >= 4 is 0 Å². The number of benzene rings is 2. The maximum absolute atomic E-state index is 13.4. The lowest BCUT2D eigenvalue weighted by Crippen LogP contribution is -1.93. The van der Waals surface area contributed by atoms with Crippen molar-refractivity contribution in [1.29, 1.82) is 5.26 Å². The largest absolute Gasteiger partial charge is 0.497 e. The van der Waals surface area contributed by atoms with Gasteiger partial charge in [-0.15, -0.1) is 0 Å². The molecular weight excluding hydrogens is 245 g/mol. The van der Waals surface area contributed by atoms with Gasteiger partial charge in [-0.25, -0.2) is 4.39 Å². The van der Waals surface area contributed by atoms with Gasteiger partial charge in [-0.05, 0) is 36.4 Å². The smallest absolute Gasteiger partial charge is 0.127 e. The number of nitrogens with zero attached hydrogens (tertiary/aromatic N) is 1. The summed E-state index contributed by atoms with van der Waals surface area (Å²) >= 11 is 0. The number of hydrogen-bond donors (Lipinski definition) is 0. The first-order valence-electron chi connectivity index (χ1n) is 5.61. The Morgan fingerprint density at radius 3 is 2.42 bits per heavy atom. The van der Waals surface area contributed by atoms with Crippen molar-refractivity contribution in [1.82, 2.24) is 0 Å². The first-order valence-corrected chi connectivity index (χ1v) is 5.61. The van der Waals surface area contributed by atoms with Crippen LogP contribution in [0.15, 0.2) is 36.4 Å². The first-order chi connectivity index (χ1) is 9.19. The molecule has 0 bridgehead atoms. The van der Waals surface area contributed by atoms with Gasteiger partial charge in [0.15, 0.2) is 0 Å². The fraction of sp³-hybridized carbons (Fsp3) is 0.133. The summed E-state index contributed by atoms with van der Waals surface area (Å²) in [4.78, 5) is 0. The van der Waals surface area contributed by atoms with Crippen molar-refractivity contribution in [2.75, 3.05) is 14.2 Å². The second-order valence-corrected chi connectivity index (χ2v) is 3.87. The van der Waals surface area contributed by atoms with Gasteiger partial charge >= 0.3 is 0 Å². The lowest BCUT2D eigenvalue weighted by Gasteiger charge is -2.12. The molecule has 0 aliphatic rings. The molecule has 0 unspecified atom stereocenters. The molecule has 0 saturated heterocycles. The molecule has 0 aliphatic carbocycles. The normalized spacial score (nSPS) is 9.79. The molecule has 0 spiro atoms. The van der Waals surface area contributed by atoms with Crippen LogP contribution in [0.5, 0.6) is 11.5 Å². The predicted molar refractivity (Wildman–Crippen MR) is 69.7 cm³/mol. The van der Waals surface area contributed by atoms with Gasteiger partial charge in [-0.2, -0.15) is 5.26 Å². The minimum absolute atomic E-state index is 0.382. The Kier molecular flexibility index (Phi) is 3.67. The van der Waals surface area contributed by atoms with Crippen LogP contribution in [0.3, 0.4) is 0 Å². The van der Waals surface area contributed by atoms with Crippen LogP contribution in [0, 0.1) is 17.1 Å². The van der Waals surface area contributed by atoms with Gasteiger partial charge < -0.3 is 9.47 Å². The van der Waals surface area contributed by atoms with Crippen molar-refractivity contribution in [3.8, 4) is 28.7 Å². The van der Waals surface area contributed by atoms with E-state index in [-0.39, 0.29) is 0 Å². The molecule has 0 heterocycles. The van der Waals surface area contributed by atoms with Crippen molar-refractivity contribution in [3.63, 3.8) is 0 Å². The van der Waals surface area contributed by atoms with E-state index < -0.39 is 5.82 Å². The molecular formula is C15H12FNO2. The molecule has 0 radical (unpaired) electrons. The van der Waals surface area contributed by atoms with Gasteiger partial charge in [-0.1, -0.05) is 0 Å². The van der Waals surface area contributed by atoms with E-state index in [1.165, 1.54) is 25.3 Å². The summed E-state index contributed by atoms with van der Waals surface area (Å²) in [5, 5.41) is 9.12. The lowest BCUT2D eigenvalue weighted by atomic mass is 9.99. The minimum atomic E-state index is -0.404. The predicted octanol–water partition coefficient (Wildman–Crippen LogP) is 3.38. The van der Waals surface area contributed by atoms with Gasteiger partial charge in [0.1, 0.15) is 17.3 Å². The molecule has 0 saturated carbocycles. The van der Waals surface area contributed by atoms with Crippen molar-refractivity contribution < 1.29 is 13.9 Å². The fourth-order valence-corrected chi connectivity index (χ4v) is 1.86. The molecule has 3 nitrogen and oxygen atoms in total. The molecule has 0 aliphatic heterocycles. The summed E-state index contributed by atoms with van der Waals surface area (Å²) < 4.78 is 23.8. The highest BCUT2D eigenvalue weighted by molar-refractivity contribution is 5.77. The maximum atomic E-state index is 13.4. The standard InChI is InChI=1S/C15H12FNO2/c1-18-12-5-6-15(19-2)14(8-12)13-7-11(16)4-3-10(13)9-17/h3-8H,1-2H3. The molecule has 0 N–H and O–H groups in total. The van der Waals surface area contributed by atoms with E-state index in [2.05, 4.69) is 0 Å². The van der Waals surface area contributed by atoms with Crippen LogP contribution in [0.2, 0.25) is 0 Å². The molecule has 0 amide bonds. The first kappa shape index (κ1) is 12.9. The molecule has 96 valence electrons. The van der Waals surface area contributed by atoms with E-state index in [4.69, 9.17) is 14.7 Å². The average Bonchev–Trinajstić information content (AvgIpc) is 2.46. The van der Waals surface area contributed by atoms with Crippen LogP contribution < -0.4 is 9.47 Å². The second-order valence-electron chi connectivity index (χ2n) is 3.87. The Hall–Kier alpha value is -2.54. The molecule has 4 heteroatoms. The van der Waals surface area contributed by atoms with Gasteiger partial charge in [-0.3, -0.25) is 0 Å². The summed E-state index contributed by atoms with van der Waals surface area (Å²) in [6.07, 6.45) is 0. The summed E-state index contributed by atoms with van der Waals surface area (Å²) in [5.41, 5.74) is 1.49. The van der Waals surface area contributed by atoms with E-state index in [0.29, 0.717) is 28.2 Å². The van der Waals surface area contributed by atoms with E-state index in [0.717, 1.165) is 0 Å². The molecule has 19 heavy (non-hydrogen) atoms. The van der Waals surface area contributed by atoms with Crippen LogP contribution in [0.1, 0.15) is 5.56 Å². The van der Waals surface area contributed by atoms with Crippen molar-refractivity contribution in [2.24, 2.45) is 0 Å². The zero-order chi connectivity index (χ0) is 13.8. The number of methoxy groups -OCH3 is 2. The van der Waals surface area contributed by atoms with Crippen molar-refractivity contribution in [2.45, 2.75) is 0 Å². The Balaban J connectivity index is 2.70. The molecule has 0 aromatic heterocycles. The molecule has 0 fully saturated rings. The van der Waals surface area contributed by atoms with Crippen molar-refractivity contribution in [3.05, 3.63) is 47.8 Å². The number of nitriles is 1. The summed E-state index contributed by atoms with van der Waals surface area (Å²) in [5.74, 6) is 0.769. The van der Waals surface area contributed by atoms with Gasteiger partial charge in [0.2, 0.25) is 0 Å². The van der Waals surface area contributed by atoms with Crippen LogP contribution in [0.4, 0.5) is 4.39 Å². The Morgan fingerprint density at radius 2 is 1.79 bits per heavy atom. The Morgan fingerprint density at radius 1 is 1.00 bits per heavy atom. The molecule has 2 aromatic carbocycles. The molecule has 2 aromatic rings. The lowest BCUT2D eigenvalue weighted by molar-refractivity contribution is 0.404. The van der Waals surface area contributed by atoms with Gasteiger partial charge in [0.05, 0.1) is 25.9 Å². The number of rotatable bonds is 3. The van der Waals surface area contributed by atoms with Crippen LogP contribution in [-0.2, 0) is 0 Å². The Labute approximate surface area is 110 Å². The topological polar surface area (TPSA) is 42.2 Å². The van der Waals surface area contributed by atoms with Gasteiger partial charge in [0, 0.05) is 11.1 Å². The molecule has 2 rings (SSSR count). The van der Waals surface area contributed by atoms with E-state index in [9.17, 15) is 4.39 Å². The summed E-state index contributed by atoms with van der Waals surface area (Å²) in [6, 6.07) is 11.3. The third kappa shape index (κ3) is 2.50. The number of ether oxygens (including phenoxy) is 2.